The third-order valence-electron chi connectivity index (χ3n) is 12.6. The Bertz CT molecular complexity index is 3550. The minimum absolute atomic E-state index is 1.13. The zero-order valence-electron chi connectivity index (χ0n) is 34.6. The van der Waals surface area contributed by atoms with E-state index in [9.17, 15) is 0 Å². The van der Waals surface area contributed by atoms with Gasteiger partial charge in [0.25, 0.3) is 0 Å². The highest BCUT2D eigenvalue weighted by molar-refractivity contribution is 8.34. The average Bonchev–Trinajstić information content (AvgIpc) is 3.89. The molecule has 0 fully saturated rings. The maximum atomic E-state index is 2.49. The van der Waals surface area contributed by atoms with Crippen LogP contribution in [0.5, 0.6) is 0 Å². The predicted molar refractivity (Wildman–Crippen MR) is 266 cm³/mol. The van der Waals surface area contributed by atoms with Crippen LogP contribution in [-0.4, -0.2) is 9.13 Å². The van der Waals surface area contributed by atoms with E-state index < -0.39 is 10.0 Å². The number of rotatable bonds is 8. The van der Waals surface area contributed by atoms with Gasteiger partial charge in [0.2, 0.25) is 0 Å². The largest absolute Gasteiger partial charge is 0.309 e. The first kappa shape index (κ1) is 37.0. The van der Waals surface area contributed by atoms with Crippen molar-refractivity contribution in [3.63, 3.8) is 0 Å². The second kappa shape index (κ2) is 15.3. The fraction of sp³-hybridized carbons (Fsp3) is 0. The predicted octanol–water partition coefficient (Wildman–Crippen LogP) is 16.6. The molecule has 10 aromatic carbocycles. The third-order valence-corrected chi connectivity index (χ3v) is 16.5. The summed E-state index contributed by atoms with van der Waals surface area (Å²) in [4.78, 5) is 5.20. The van der Waals surface area contributed by atoms with Crippen molar-refractivity contribution < 1.29 is 0 Å². The van der Waals surface area contributed by atoms with Gasteiger partial charge < -0.3 is 9.13 Å². The first-order valence-corrected chi connectivity index (χ1v) is 23.2. The molecular formula is C60H42N2S. The van der Waals surface area contributed by atoms with Crippen molar-refractivity contribution in [3.05, 3.63) is 255 Å². The Kier molecular flexibility index (Phi) is 8.95. The van der Waals surface area contributed by atoms with Gasteiger partial charge in [-0.15, -0.1) is 10.0 Å². The fourth-order valence-corrected chi connectivity index (χ4v) is 13.9. The maximum absolute atomic E-state index is 2.49. The van der Waals surface area contributed by atoms with Crippen molar-refractivity contribution in [2.45, 2.75) is 19.6 Å². The van der Waals surface area contributed by atoms with Gasteiger partial charge in [-0.3, -0.25) is 0 Å². The average molecular weight is 823 g/mol. The Morgan fingerprint density at radius 3 is 1.37 bits per heavy atom. The monoisotopic (exact) mass is 822 g/mol. The number of aromatic nitrogens is 2. The molecule has 0 radical (unpaired) electrons. The second-order valence-corrected chi connectivity index (χ2v) is 19.2. The molecule has 2 heterocycles. The molecule has 0 saturated carbocycles. The van der Waals surface area contributed by atoms with E-state index in [0.717, 1.165) is 5.69 Å². The number of nitrogens with zero attached hydrogens (tertiary/aromatic N) is 2. The fourth-order valence-electron chi connectivity index (χ4n) is 9.96. The molecule has 0 aliphatic carbocycles. The lowest BCUT2D eigenvalue weighted by molar-refractivity contribution is 1.15. The van der Waals surface area contributed by atoms with E-state index in [2.05, 4.69) is 264 Å². The van der Waals surface area contributed by atoms with Crippen LogP contribution in [0.25, 0.3) is 77.2 Å². The molecule has 0 atom stereocenters. The van der Waals surface area contributed by atoms with E-state index in [-0.39, 0.29) is 0 Å². The molecule has 0 aliphatic rings. The van der Waals surface area contributed by atoms with E-state index in [1.165, 1.54) is 91.1 Å². The van der Waals surface area contributed by atoms with Crippen molar-refractivity contribution in [1.29, 1.82) is 0 Å². The molecule has 2 aromatic heterocycles. The Morgan fingerprint density at radius 2 is 0.714 bits per heavy atom. The normalized spacial score (nSPS) is 12.1. The quantitative estimate of drug-likeness (QED) is 0.144. The number of fused-ring (bicyclic) bond motifs is 6. The molecule has 298 valence electrons. The lowest BCUT2D eigenvalue weighted by atomic mass is 9.99. The molecular weight excluding hydrogens is 781 g/mol. The van der Waals surface area contributed by atoms with E-state index in [0.29, 0.717) is 0 Å². The van der Waals surface area contributed by atoms with Gasteiger partial charge in [0.1, 0.15) is 0 Å². The molecule has 0 N–H and O–H groups in total. The Labute approximate surface area is 368 Å². The molecule has 2 nitrogen and oxygen atoms in total. The van der Waals surface area contributed by atoms with Gasteiger partial charge in [-0.25, -0.2) is 0 Å². The molecule has 3 heteroatoms. The lowest BCUT2D eigenvalue weighted by Crippen LogP contribution is -2.06. The van der Waals surface area contributed by atoms with Crippen molar-refractivity contribution >= 4 is 53.6 Å². The van der Waals surface area contributed by atoms with Gasteiger partial charge in [-0.1, -0.05) is 164 Å². The van der Waals surface area contributed by atoms with Gasteiger partial charge >= 0.3 is 0 Å². The summed E-state index contributed by atoms with van der Waals surface area (Å²) in [5.74, 6) is 0. The number of para-hydroxylation sites is 2. The lowest BCUT2D eigenvalue weighted by Gasteiger charge is -2.42. The van der Waals surface area contributed by atoms with E-state index in [1.54, 1.807) is 0 Å². The van der Waals surface area contributed by atoms with Gasteiger partial charge in [0.15, 0.2) is 0 Å². The van der Waals surface area contributed by atoms with Crippen LogP contribution in [0.15, 0.2) is 274 Å². The molecule has 63 heavy (non-hydrogen) atoms. The van der Waals surface area contributed by atoms with Crippen LogP contribution in [0, 0.1) is 0 Å². The molecule has 0 spiro atoms. The number of hydrogen-bond acceptors (Lipinski definition) is 0. The SMILES string of the molecule is c1ccc(-c2cccc(S(c3ccccc3)(c3ccccc3)c3ccc(-n4c5ccccc5c5c(-n6c7ccccc7c7c(-c8ccccc8)cccc76)cccc54)cc3)c2)cc1. The minimum Gasteiger partial charge on any atom is -0.309 e. The zero-order chi connectivity index (χ0) is 41.7. The van der Waals surface area contributed by atoms with Crippen LogP contribution in [0.4, 0.5) is 0 Å². The van der Waals surface area contributed by atoms with Crippen molar-refractivity contribution in [2.24, 2.45) is 0 Å². The highest BCUT2D eigenvalue weighted by atomic mass is 32.3. The van der Waals surface area contributed by atoms with Crippen LogP contribution < -0.4 is 0 Å². The van der Waals surface area contributed by atoms with Gasteiger partial charge in [0, 0.05) is 46.8 Å². The molecule has 12 rings (SSSR count). The molecule has 0 aliphatic heterocycles. The Morgan fingerprint density at radius 1 is 0.270 bits per heavy atom. The smallest absolute Gasteiger partial charge is 0.0562 e. The van der Waals surface area contributed by atoms with Crippen LogP contribution in [0.2, 0.25) is 0 Å². The molecule has 0 saturated heterocycles. The third kappa shape index (κ3) is 5.89. The summed E-state index contributed by atoms with van der Waals surface area (Å²) < 4.78 is 4.94. The summed E-state index contributed by atoms with van der Waals surface area (Å²) in [6, 6.07) is 93.8. The van der Waals surface area contributed by atoms with Crippen molar-refractivity contribution in [3.8, 4) is 33.6 Å². The molecule has 0 unspecified atom stereocenters. The van der Waals surface area contributed by atoms with Crippen molar-refractivity contribution in [2.75, 3.05) is 0 Å². The summed E-state index contributed by atoms with van der Waals surface area (Å²) in [7, 11) is -1.93. The van der Waals surface area contributed by atoms with E-state index in [1.807, 2.05) is 0 Å². The second-order valence-electron chi connectivity index (χ2n) is 16.1. The van der Waals surface area contributed by atoms with Crippen molar-refractivity contribution in [1.82, 2.24) is 9.13 Å². The van der Waals surface area contributed by atoms with E-state index in [4.69, 9.17) is 0 Å². The summed E-state index contributed by atoms with van der Waals surface area (Å²) in [6.45, 7) is 0. The maximum Gasteiger partial charge on any atom is 0.0562 e. The highest BCUT2D eigenvalue weighted by Crippen LogP contribution is 2.73. The van der Waals surface area contributed by atoms with Crippen LogP contribution in [-0.2, 0) is 0 Å². The zero-order valence-corrected chi connectivity index (χ0v) is 35.4. The van der Waals surface area contributed by atoms with Crippen LogP contribution >= 0.6 is 10.0 Å². The first-order valence-electron chi connectivity index (χ1n) is 21.6. The summed E-state index contributed by atoms with van der Waals surface area (Å²) in [5, 5.41) is 4.98. The van der Waals surface area contributed by atoms with Crippen LogP contribution in [0.1, 0.15) is 0 Å². The minimum atomic E-state index is -1.93. The first-order chi connectivity index (χ1) is 31.3. The van der Waals surface area contributed by atoms with E-state index >= 15 is 0 Å². The topological polar surface area (TPSA) is 9.86 Å². The molecule has 0 amide bonds. The standard InChI is InChI=1S/C60H42N2S/c1-5-20-43(21-6-1)45-24-17-29-50(42-45)63(47-25-9-3-10-26-47,48-27-11-4-12-28-48)49-40-38-46(39-41-49)61-54-33-15-14-31-53(54)60-57(61)36-19-37-58(60)62-55-34-16-13-30-52(55)59-51(32-18-35-56(59)62)44-22-7-2-8-23-44/h1-42H. The van der Waals surface area contributed by atoms with Gasteiger partial charge in [0.05, 0.1) is 27.8 Å². The number of benzene rings is 10. The Hall–Kier alpha value is -7.85. The molecule has 12 aromatic rings. The summed E-state index contributed by atoms with van der Waals surface area (Å²) in [6.07, 6.45) is 0. The van der Waals surface area contributed by atoms with Gasteiger partial charge in [-0.05, 0) is 113 Å². The number of hydrogen-bond donors (Lipinski definition) is 0. The van der Waals surface area contributed by atoms with Gasteiger partial charge in [-0.2, -0.15) is 0 Å². The highest BCUT2D eigenvalue weighted by Gasteiger charge is 2.34. The van der Waals surface area contributed by atoms with Crippen LogP contribution in [0.3, 0.4) is 0 Å². The summed E-state index contributed by atoms with van der Waals surface area (Å²) in [5.41, 5.74) is 11.9. The Balaban J connectivity index is 1.08. The summed E-state index contributed by atoms with van der Waals surface area (Å²) >= 11 is 0. The molecule has 0 bridgehead atoms.